The Hall–Kier alpha value is -4.07. The number of nitrogens with two attached hydrogens (primary N) is 2. The molecular formula is C29H38N6O6S. The molecule has 1 aromatic heterocycles. The third-order valence-corrected chi connectivity index (χ3v) is 7.21. The lowest BCUT2D eigenvalue weighted by molar-refractivity contribution is -0.142. The summed E-state index contributed by atoms with van der Waals surface area (Å²) in [5.41, 5.74) is 13.7. The Morgan fingerprint density at radius 2 is 1.50 bits per heavy atom. The molecule has 0 spiro atoms. The second-order valence-corrected chi connectivity index (χ2v) is 10.4. The van der Waals surface area contributed by atoms with E-state index in [0.29, 0.717) is 36.9 Å². The first-order valence-corrected chi connectivity index (χ1v) is 14.3. The molecule has 0 saturated heterocycles. The minimum atomic E-state index is -1.27. The maximum absolute atomic E-state index is 13.4. The lowest BCUT2D eigenvalue weighted by Gasteiger charge is -2.24. The van der Waals surface area contributed by atoms with E-state index >= 15 is 0 Å². The maximum atomic E-state index is 13.4. The Bertz CT molecular complexity index is 1360. The summed E-state index contributed by atoms with van der Waals surface area (Å²) >= 11 is 4.20. The van der Waals surface area contributed by atoms with Crippen molar-refractivity contribution in [3.8, 4) is 5.75 Å². The van der Waals surface area contributed by atoms with Crippen molar-refractivity contribution in [1.82, 2.24) is 20.9 Å². The van der Waals surface area contributed by atoms with E-state index in [9.17, 15) is 29.4 Å². The number of H-pyrrole nitrogens is 1. The molecule has 3 rings (SSSR count). The molecule has 10 N–H and O–H groups in total. The number of benzene rings is 2. The number of thiol groups is 1. The zero-order chi connectivity index (χ0) is 30.6. The number of aliphatic carboxylic acids is 1. The molecule has 226 valence electrons. The number of aromatic amines is 1. The van der Waals surface area contributed by atoms with Gasteiger partial charge in [-0.05, 0) is 48.7 Å². The number of amides is 3. The summed E-state index contributed by atoms with van der Waals surface area (Å²) in [7, 11) is 0. The molecule has 3 aromatic rings. The second kappa shape index (κ2) is 15.8. The molecule has 0 fully saturated rings. The fourth-order valence-electron chi connectivity index (χ4n) is 4.45. The van der Waals surface area contributed by atoms with Gasteiger partial charge in [0.05, 0.1) is 6.04 Å². The lowest BCUT2D eigenvalue weighted by Crippen LogP contribution is -2.58. The first-order chi connectivity index (χ1) is 20.1. The van der Waals surface area contributed by atoms with Gasteiger partial charge in [-0.15, -0.1) is 0 Å². The highest BCUT2D eigenvalue weighted by molar-refractivity contribution is 7.80. The molecule has 0 radical (unpaired) electrons. The van der Waals surface area contributed by atoms with E-state index in [2.05, 4.69) is 33.6 Å². The number of carbonyl (C=O) groups is 4. The van der Waals surface area contributed by atoms with Crippen LogP contribution in [0.4, 0.5) is 0 Å². The highest BCUT2D eigenvalue weighted by Crippen LogP contribution is 2.19. The van der Waals surface area contributed by atoms with E-state index in [-0.39, 0.29) is 24.3 Å². The minimum Gasteiger partial charge on any atom is -0.508 e. The molecule has 2 aromatic carbocycles. The van der Waals surface area contributed by atoms with Gasteiger partial charge in [0.2, 0.25) is 17.7 Å². The molecule has 3 amide bonds. The van der Waals surface area contributed by atoms with Crippen molar-refractivity contribution in [2.75, 3.05) is 12.3 Å². The molecule has 42 heavy (non-hydrogen) atoms. The number of rotatable bonds is 16. The maximum Gasteiger partial charge on any atom is 0.326 e. The SMILES string of the molecule is NCCCCC(N)C(=O)NC(Cc1ccc(O)cc1)C(=O)NC(CS)C(=O)NC(Cc1c[nH]c2ccccc12)C(=O)O. The number of para-hydroxylation sites is 1. The molecule has 4 atom stereocenters. The standard InChI is InChI=1S/C29H38N6O6S/c30-12-4-3-6-21(31)26(37)33-23(13-17-8-10-19(36)11-9-17)27(38)35-25(16-42)28(39)34-24(29(40)41)14-18-15-32-22-7-2-1-5-20(18)22/h1-2,5,7-11,15,21,23-25,32,36,42H,3-4,6,12-14,16,30-31H2,(H,33,37)(H,34,39)(H,35,38)(H,40,41). The van der Waals surface area contributed by atoms with Crippen molar-refractivity contribution >= 4 is 47.2 Å². The summed E-state index contributed by atoms with van der Waals surface area (Å²) in [4.78, 5) is 54.4. The quantitative estimate of drug-likeness (QED) is 0.0838. The van der Waals surface area contributed by atoms with Crippen molar-refractivity contribution in [2.45, 2.75) is 56.3 Å². The van der Waals surface area contributed by atoms with Gasteiger partial charge in [0.25, 0.3) is 0 Å². The number of unbranched alkanes of at least 4 members (excludes halogenated alkanes) is 1. The summed E-state index contributed by atoms with van der Waals surface area (Å²) in [6.07, 6.45) is 3.49. The molecule has 0 aliphatic carbocycles. The van der Waals surface area contributed by atoms with Gasteiger partial charge in [-0.3, -0.25) is 14.4 Å². The Labute approximate surface area is 249 Å². The summed E-state index contributed by atoms with van der Waals surface area (Å²) in [5.74, 6) is -3.28. The number of nitrogens with one attached hydrogen (secondary N) is 4. The van der Waals surface area contributed by atoms with Crippen LogP contribution in [0.15, 0.2) is 54.7 Å². The number of aromatic hydroxyl groups is 1. The van der Waals surface area contributed by atoms with Gasteiger partial charge in [-0.2, -0.15) is 12.6 Å². The number of hydrogen-bond acceptors (Lipinski definition) is 8. The second-order valence-electron chi connectivity index (χ2n) is 10.0. The van der Waals surface area contributed by atoms with Crippen LogP contribution in [0.2, 0.25) is 0 Å². The predicted molar refractivity (Wildman–Crippen MR) is 162 cm³/mol. The lowest BCUT2D eigenvalue weighted by atomic mass is 10.0. The van der Waals surface area contributed by atoms with Crippen molar-refractivity contribution in [3.63, 3.8) is 0 Å². The number of carbonyl (C=O) groups excluding carboxylic acids is 3. The Morgan fingerprint density at radius 1 is 0.857 bits per heavy atom. The molecule has 13 heteroatoms. The zero-order valence-corrected chi connectivity index (χ0v) is 24.0. The smallest absolute Gasteiger partial charge is 0.326 e. The molecular weight excluding hydrogens is 560 g/mol. The average Bonchev–Trinajstić information content (AvgIpc) is 3.38. The van der Waals surface area contributed by atoms with Gasteiger partial charge >= 0.3 is 5.97 Å². The van der Waals surface area contributed by atoms with Crippen LogP contribution in [0, 0.1) is 0 Å². The molecule has 0 bridgehead atoms. The van der Waals surface area contributed by atoms with E-state index in [0.717, 1.165) is 10.9 Å². The Morgan fingerprint density at radius 3 is 2.17 bits per heavy atom. The minimum absolute atomic E-state index is 0.0138. The fourth-order valence-corrected chi connectivity index (χ4v) is 4.71. The van der Waals surface area contributed by atoms with Crippen molar-refractivity contribution in [3.05, 3.63) is 65.9 Å². The van der Waals surface area contributed by atoms with Gasteiger partial charge in [-0.25, -0.2) is 4.79 Å². The molecule has 0 aliphatic rings. The number of aromatic nitrogens is 1. The van der Waals surface area contributed by atoms with Gasteiger partial charge in [0.15, 0.2) is 0 Å². The van der Waals surface area contributed by atoms with E-state index in [4.69, 9.17) is 11.5 Å². The van der Waals surface area contributed by atoms with Crippen LogP contribution < -0.4 is 27.4 Å². The van der Waals surface area contributed by atoms with Crippen LogP contribution in [0.5, 0.6) is 5.75 Å². The number of hydrogen-bond donors (Lipinski definition) is 9. The van der Waals surface area contributed by atoms with Crippen molar-refractivity contribution < 1.29 is 29.4 Å². The van der Waals surface area contributed by atoms with Gasteiger partial charge in [0, 0.05) is 35.7 Å². The summed E-state index contributed by atoms with van der Waals surface area (Å²) < 4.78 is 0. The highest BCUT2D eigenvalue weighted by Gasteiger charge is 2.30. The Kier molecular flexibility index (Phi) is 12.2. The van der Waals surface area contributed by atoms with E-state index < -0.39 is 47.9 Å². The Balaban J connectivity index is 1.71. The van der Waals surface area contributed by atoms with Gasteiger partial charge < -0.3 is 42.6 Å². The van der Waals surface area contributed by atoms with Crippen LogP contribution in [-0.4, -0.2) is 75.4 Å². The normalized spacial score (nSPS) is 14.0. The van der Waals surface area contributed by atoms with Crippen LogP contribution >= 0.6 is 12.6 Å². The van der Waals surface area contributed by atoms with E-state index in [1.165, 1.54) is 12.1 Å². The third kappa shape index (κ3) is 9.23. The fraction of sp³-hybridized carbons (Fsp3) is 0.379. The van der Waals surface area contributed by atoms with Crippen LogP contribution in [0.25, 0.3) is 10.9 Å². The van der Waals surface area contributed by atoms with Crippen LogP contribution in [0.3, 0.4) is 0 Å². The largest absolute Gasteiger partial charge is 0.508 e. The molecule has 12 nitrogen and oxygen atoms in total. The van der Waals surface area contributed by atoms with Crippen molar-refractivity contribution in [2.24, 2.45) is 11.5 Å². The first kappa shape index (κ1) is 32.4. The van der Waals surface area contributed by atoms with Crippen LogP contribution in [0.1, 0.15) is 30.4 Å². The van der Waals surface area contributed by atoms with E-state index in [1.54, 1.807) is 18.3 Å². The number of phenolic OH excluding ortho intramolecular Hbond substituents is 1. The number of carboxylic acid groups (broad SMARTS) is 1. The first-order valence-electron chi connectivity index (χ1n) is 13.7. The monoisotopic (exact) mass is 598 g/mol. The number of fused-ring (bicyclic) bond motifs is 1. The van der Waals surface area contributed by atoms with Crippen LogP contribution in [-0.2, 0) is 32.0 Å². The van der Waals surface area contributed by atoms with E-state index in [1.807, 2.05) is 24.3 Å². The average molecular weight is 599 g/mol. The third-order valence-electron chi connectivity index (χ3n) is 6.84. The summed E-state index contributed by atoms with van der Waals surface area (Å²) in [6, 6.07) is 9.08. The summed E-state index contributed by atoms with van der Waals surface area (Å²) in [5, 5.41) is 28.0. The number of carboxylic acids is 1. The molecule has 0 saturated carbocycles. The molecule has 4 unspecified atom stereocenters. The zero-order valence-electron chi connectivity index (χ0n) is 23.1. The molecule has 1 heterocycles. The summed E-state index contributed by atoms with van der Waals surface area (Å²) in [6.45, 7) is 0.470. The predicted octanol–water partition coefficient (Wildman–Crippen LogP) is 0.584. The van der Waals surface area contributed by atoms with Crippen molar-refractivity contribution in [1.29, 1.82) is 0 Å². The number of phenols is 1. The van der Waals surface area contributed by atoms with Gasteiger partial charge in [0.1, 0.15) is 23.9 Å². The molecule has 0 aliphatic heterocycles. The van der Waals surface area contributed by atoms with Gasteiger partial charge in [-0.1, -0.05) is 36.8 Å². The topological polar surface area (TPSA) is 213 Å². The highest BCUT2D eigenvalue weighted by atomic mass is 32.1.